The summed E-state index contributed by atoms with van der Waals surface area (Å²) in [7, 11) is -3.66. The van der Waals surface area contributed by atoms with Gasteiger partial charge in [-0.05, 0) is 44.0 Å². The summed E-state index contributed by atoms with van der Waals surface area (Å²) in [5, 5.41) is 9.00. The molecule has 134 valence electrons. The lowest BCUT2D eigenvalue weighted by Gasteiger charge is -2.33. The van der Waals surface area contributed by atoms with Crippen LogP contribution in [0.1, 0.15) is 19.8 Å². The first kappa shape index (κ1) is 18.8. The summed E-state index contributed by atoms with van der Waals surface area (Å²) < 4.78 is 39.4. The third-order valence-corrected chi connectivity index (χ3v) is 6.23. The van der Waals surface area contributed by atoms with E-state index < -0.39 is 15.8 Å². The van der Waals surface area contributed by atoms with Crippen molar-refractivity contribution in [3.8, 4) is 0 Å². The van der Waals surface area contributed by atoms with Gasteiger partial charge in [0.05, 0.1) is 11.5 Å². The molecular weight excluding hydrogens is 335 g/mol. The van der Waals surface area contributed by atoms with Crippen LogP contribution in [0.4, 0.5) is 4.39 Å². The van der Waals surface area contributed by atoms with Gasteiger partial charge < -0.3 is 10.0 Å². The van der Waals surface area contributed by atoms with Crippen LogP contribution in [-0.4, -0.2) is 61.4 Å². The van der Waals surface area contributed by atoms with Gasteiger partial charge in [-0.3, -0.25) is 4.79 Å². The number of sulfonamides is 1. The summed E-state index contributed by atoms with van der Waals surface area (Å²) in [5.74, 6) is -0.747. The average Bonchev–Trinajstić information content (AvgIpc) is 2.59. The maximum absolute atomic E-state index is 13.0. The highest BCUT2D eigenvalue weighted by atomic mass is 32.2. The summed E-state index contributed by atoms with van der Waals surface area (Å²) in [6, 6.07) is 4.75. The van der Waals surface area contributed by atoms with Crippen molar-refractivity contribution in [2.24, 2.45) is 5.92 Å². The number of hydrogen-bond donors (Lipinski definition) is 1. The fraction of sp³-hybridized carbons (Fsp3) is 0.562. The molecular formula is C16H23FN2O4S. The summed E-state index contributed by atoms with van der Waals surface area (Å²) in [6.07, 6.45) is 0.891. The molecule has 1 fully saturated rings. The van der Waals surface area contributed by atoms with Gasteiger partial charge in [0.25, 0.3) is 0 Å². The van der Waals surface area contributed by atoms with Crippen molar-refractivity contribution in [3.05, 3.63) is 30.1 Å². The maximum atomic E-state index is 13.0. The standard InChI is InChI=1S/C16H23FN2O4S/c1-2-18(11-12-20)16(21)13-7-9-19(10-8-13)24(22,23)15-5-3-14(17)4-6-15/h3-6,13,20H,2,7-12H2,1H3. The molecule has 0 radical (unpaired) electrons. The molecule has 1 aliphatic rings. The molecule has 0 aromatic heterocycles. The molecule has 1 saturated heterocycles. The van der Waals surface area contributed by atoms with Crippen molar-refractivity contribution < 1.29 is 22.7 Å². The summed E-state index contributed by atoms with van der Waals surface area (Å²) in [6.45, 7) is 3.09. The highest BCUT2D eigenvalue weighted by Crippen LogP contribution is 2.25. The molecule has 0 saturated carbocycles. The third-order valence-electron chi connectivity index (χ3n) is 4.32. The summed E-state index contributed by atoms with van der Waals surface area (Å²) >= 11 is 0. The van der Waals surface area contributed by atoms with Crippen LogP contribution in [0.25, 0.3) is 0 Å². The van der Waals surface area contributed by atoms with Crippen molar-refractivity contribution in [1.29, 1.82) is 0 Å². The van der Waals surface area contributed by atoms with Crippen molar-refractivity contribution in [3.63, 3.8) is 0 Å². The molecule has 0 unspecified atom stereocenters. The Morgan fingerprint density at radius 2 is 1.88 bits per heavy atom. The van der Waals surface area contributed by atoms with Crippen LogP contribution < -0.4 is 0 Å². The Morgan fingerprint density at radius 1 is 1.29 bits per heavy atom. The number of aliphatic hydroxyl groups excluding tert-OH is 1. The number of nitrogens with zero attached hydrogens (tertiary/aromatic N) is 2. The van der Waals surface area contributed by atoms with E-state index in [1.165, 1.54) is 16.4 Å². The van der Waals surface area contributed by atoms with E-state index in [0.29, 0.717) is 25.9 Å². The van der Waals surface area contributed by atoms with Gasteiger partial charge in [0.15, 0.2) is 0 Å². The molecule has 1 aromatic carbocycles. The number of hydrogen-bond acceptors (Lipinski definition) is 4. The van der Waals surface area contributed by atoms with Gasteiger partial charge in [-0.25, -0.2) is 12.8 Å². The second-order valence-corrected chi connectivity index (χ2v) is 7.71. The Hall–Kier alpha value is -1.51. The van der Waals surface area contributed by atoms with Gasteiger partial charge in [0.1, 0.15) is 5.82 Å². The third kappa shape index (κ3) is 4.12. The van der Waals surface area contributed by atoms with Crippen LogP contribution in [-0.2, 0) is 14.8 Å². The lowest BCUT2D eigenvalue weighted by molar-refractivity contribution is -0.137. The van der Waals surface area contributed by atoms with Gasteiger partial charge in [0.2, 0.25) is 15.9 Å². The molecule has 1 N–H and O–H groups in total. The predicted molar refractivity (Wildman–Crippen MR) is 87.2 cm³/mol. The first-order valence-corrected chi connectivity index (χ1v) is 9.49. The Balaban J connectivity index is 2.01. The Morgan fingerprint density at radius 3 is 2.38 bits per heavy atom. The second kappa shape index (κ2) is 8.04. The maximum Gasteiger partial charge on any atom is 0.243 e. The van der Waals surface area contributed by atoms with E-state index >= 15 is 0 Å². The molecule has 24 heavy (non-hydrogen) atoms. The van der Waals surface area contributed by atoms with Gasteiger partial charge >= 0.3 is 0 Å². The van der Waals surface area contributed by atoms with E-state index in [0.717, 1.165) is 12.1 Å². The highest BCUT2D eigenvalue weighted by Gasteiger charge is 2.33. The van der Waals surface area contributed by atoms with E-state index in [9.17, 15) is 17.6 Å². The number of benzene rings is 1. The number of carbonyl (C=O) groups excluding carboxylic acids is 1. The van der Waals surface area contributed by atoms with E-state index in [-0.39, 0.29) is 36.4 Å². The SMILES string of the molecule is CCN(CCO)C(=O)C1CCN(S(=O)(=O)c2ccc(F)cc2)CC1. The van der Waals surface area contributed by atoms with Crippen LogP contribution in [0.15, 0.2) is 29.2 Å². The van der Waals surface area contributed by atoms with Gasteiger partial charge in [-0.2, -0.15) is 4.31 Å². The Kier molecular flexibility index (Phi) is 6.31. The lowest BCUT2D eigenvalue weighted by atomic mass is 9.96. The number of halogens is 1. The zero-order chi connectivity index (χ0) is 17.7. The van der Waals surface area contributed by atoms with E-state index in [1.807, 2.05) is 6.92 Å². The summed E-state index contributed by atoms with van der Waals surface area (Å²) in [5.41, 5.74) is 0. The number of amides is 1. The number of carbonyl (C=O) groups is 1. The molecule has 0 atom stereocenters. The second-order valence-electron chi connectivity index (χ2n) is 5.77. The molecule has 1 amide bonds. The first-order valence-electron chi connectivity index (χ1n) is 8.05. The Bertz CT molecular complexity index is 655. The predicted octanol–water partition coefficient (Wildman–Crippen LogP) is 1.07. The minimum atomic E-state index is -3.66. The van der Waals surface area contributed by atoms with Crippen LogP contribution in [0, 0.1) is 11.7 Å². The molecule has 1 aliphatic heterocycles. The fourth-order valence-electron chi connectivity index (χ4n) is 2.90. The number of likely N-dealkylation sites (N-methyl/N-ethyl adjacent to an activating group) is 1. The zero-order valence-electron chi connectivity index (χ0n) is 13.7. The molecule has 0 bridgehead atoms. The number of piperidine rings is 1. The average molecular weight is 358 g/mol. The summed E-state index contributed by atoms with van der Waals surface area (Å²) in [4.78, 5) is 14.0. The monoisotopic (exact) mass is 358 g/mol. The first-order chi connectivity index (χ1) is 11.4. The number of aliphatic hydroxyl groups is 1. The van der Waals surface area contributed by atoms with Crippen LogP contribution in [0.3, 0.4) is 0 Å². The van der Waals surface area contributed by atoms with E-state index in [2.05, 4.69) is 0 Å². The van der Waals surface area contributed by atoms with Crippen LogP contribution in [0.5, 0.6) is 0 Å². The topological polar surface area (TPSA) is 77.9 Å². The Labute approximate surface area is 141 Å². The molecule has 8 heteroatoms. The highest BCUT2D eigenvalue weighted by molar-refractivity contribution is 7.89. The van der Waals surface area contributed by atoms with Crippen LogP contribution >= 0.6 is 0 Å². The van der Waals surface area contributed by atoms with Gasteiger partial charge in [-0.15, -0.1) is 0 Å². The molecule has 1 heterocycles. The van der Waals surface area contributed by atoms with Crippen molar-refractivity contribution in [2.75, 3.05) is 32.8 Å². The van der Waals surface area contributed by atoms with Gasteiger partial charge in [-0.1, -0.05) is 0 Å². The smallest absolute Gasteiger partial charge is 0.243 e. The molecule has 2 rings (SSSR count). The van der Waals surface area contributed by atoms with Crippen molar-refractivity contribution in [1.82, 2.24) is 9.21 Å². The molecule has 0 spiro atoms. The minimum Gasteiger partial charge on any atom is -0.395 e. The van der Waals surface area contributed by atoms with E-state index in [1.54, 1.807) is 4.90 Å². The molecule has 1 aromatic rings. The molecule has 6 nitrogen and oxygen atoms in total. The largest absolute Gasteiger partial charge is 0.395 e. The molecule has 0 aliphatic carbocycles. The number of rotatable bonds is 6. The van der Waals surface area contributed by atoms with Crippen molar-refractivity contribution >= 4 is 15.9 Å². The van der Waals surface area contributed by atoms with E-state index in [4.69, 9.17) is 5.11 Å². The quantitative estimate of drug-likeness (QED) is 0.825. The normalized spacial score (nSPS) is 17.0. The lowest BCUT2D eigenvalue weighted by Crippen LogP contribution is -2.45. The fourth-order valence-corrected chi connectivity index (χ4v) is 4.37. The minimum absolute atomic E-state index is 0.0367. The zero-order valence-corrected chi connectivity index (χ0v) is 14.5. The van der Waals surface area contributed by atoms with Crippen molar-refractivity contribution in [2.45, 2.75) is 24.7 Å². The van der Waals surface area contributed by atoms with Crippen LogP contribution in [0.2, 0.25) is 0 Å². The van der Waals surface area contributed by atoms with Gasteiger partial charge in [0, 0.05) is 32.1 Å².